The van der Waals surface area contributed by atoms with Crippen molar-refractivity contribution in [2.45, 2.75) is 19.8 Å². The van der Waals surface area contributed by atoms with Gasteiger partial charge in [0.15, 0.2) is 0 Å². The van der Waals surface area contributed by atoms with E-state index in [1.807, 2.05) is 0 Å². The lowest BCUT2D eigenvalue weighted by Crippen LogP contribution is -2.21. The van der Waals surface area contributed by atoms with E-state index in [1.165, 1.54) is 25.1 Å². The summed E-state index contributed by atoms with van der Waals surface area (Å²) in [6.07, 6.45) is 4.94. The zero-order chi connectivity index (χ0) is 11.0. The van der Waals surface area contributed by atoms with Gasteiger partial charge in [0.05, 0.1) is 0 Å². The lowest BCUT2D eigenvalue weighted by molar-refractivity contribution is 0.323. The maximum absolute atomic E-state index is 3.50. The quantitative estimate of drug-likeness (QED) is 0.745. The minimum absolute atomic E-state index is 0.504. The molecule has 1 fully saturated rings. The van der Waals surface area contributed by atoms with Crippen LogP contribution in [0.4, 0.5) is 0 Å². The van der Waals surface area contributed by atoms with Crippen molar-refractivity contribution >= 4 is 0 Å². The molecular weight excluding hydrogens is 194 g/mol. The Hall–Kier alpha value is -1.08. The molecule has 0 spiro atoms. The first kappa shape index (κ1) is 10.1. The Morgan fingerprint density at radius 3 is 2.88 bits per heavy atom. The molecule has 1 aliphatic heterocycles. The monoisotopic (exact) mass is 213 g/mol. The van der Waals surface area contributed by atoms with Crippen LogP contribution in [0.2, 0.25) is 0 Å². The van der Waals surface area contributed by atoms with Gasteiger partial charge in [0.2, 0.25) is 0 Å². The van der Waals surface area contributed by atoms with Crippen LogP contribution in [0.25, 0.3) is 0 Å². The van der Waals surface area contributed by atoms with Crippen molar-refractivity contribution in [3.63, 3.8) is 0 Å². The number of nitrogens with one attached hydrogen (secondary N) is 1. The first-order chi connectivity index (χ1) is 7.76. The molecule has 1 heterocycles. The number of hydrogen-bond donors (Lipinski definition) is 1. The lowest BCUT2D eigenvalue weighted by Gasteiger charge is -2.22. The van der Waals surface area contributed by atoms with Gasteiger partial charge >= 0.3 is 0 Å². The zero-order valence-corrected chi connectivity index (χ0v) is 9.87. The molecule has 1 aromatic carbocycles. The number of hydrogen-bond acceptors (Lipinski definition) is 1. The molecule has 3 rings (SSSR count). The minimum Gasteiger partial charge on any atom is -0.316 e. The summed E-state index contributed by atoms with van der Waals surface area (Å²) in [5, 5.41) is 3.50. The zero-order valence-electron chi connectivity index (χ0n) is 9.87. The molecule has 2 unspecified atom stereocenters. The molecule has 1 N–H and O–H groups in total. The van der Waals surface area contributed by atoms with Crippen molar-refractivity contribution < 1.29 is 0 Å². The van der Waals surface area contributed by atoms with Gasteiger partial charge in [-0.1, -0.05) is 48.9 Å². The normalized spacial score (nSPS) is 32.6. The molecular formula is C15H19N. The van der Waals surface area contributed by atoms with Crippen molar-refractivity contribution in [2.24, 2.45) is 11.3 Å². The summed E-state index contributed by atoms with van der Waals surface area (Å²) in [7, 11) is 0. The summed E-state index contributed by atoms with van der Waals surface area (Å²) >= 11 is 0. The predicted octanol–water partition coefficient (Wildman–Crippen LogP) is 2.78. The van der Waals surface area contributed by atoms with E-state index in [1.54, 1.807) is 5.57 Å². The Morgan fingerprint density at radius 2 is 2.12 bits per heavy atom. The van der Waals surface area contributed by atoms with Crippen LogP contribution < -0.4 is 5.32 Å². The highest BCUT2D eigenvalue weighted by Crippen LogP contribution is 2.44. The van der Waals surface area contributed by atoms with Crippen LogP contribution in [-0.2, 0) is 6.42 Å². The predicted molar refractivity (Wildman–Crippen MR) is 67.3 cm³/mol. The fraction of sp³-hybridized carbons (Fsp3) is 0.467. The highest BCUT2D eigenvalue weighted by Gasteiger charge is 2.41. The van der Waals surface area contributed by atoms with Gasteiger partial charge in [-0.25, -0.2) is 0 Å². The summed E-state index contributed by atoms with van der Waals surface area (Å²) in [5.41, 5.74) is 3.59. The van der Waals surface area contributed by atoms with E-state index in [4.69, 9.17) is 0 Å². The molecule has 0 aromatic heterocycles. The van der Waals surface area contributed by atoms with Crippen LogP contribution in [0.1, 0.15) is 18.9 Å². The van der Waals surface area contributed by atoms with E-state index in [0.29, 0.717) is 5.41 Å². The fourth-order valence-electron chi connectivity index (χ4n) is 3.19. The SMILES string of the molecule is CC12CNCC1C=C(Cc1ccccc1)C2. The third kappa shape index (κ3) is 1.69. The van der Waals surface area contributed by atoms with E-state index < -0.39 is 0 Å². The second kappa shape index (κ2) is 3.74. The molecule has 0 bridgehead atoms. The molecule has 1 aliphatic carbocycles. The van der Waals surface area contributed by atoms with Gasteiger partial charge in [-0.15, -0.1) is 0 Å². The Morgan fingerprint density at radius 1 is 1.31 bits per heavy atom. The van der Waals surface area contributed by atoms with Crippen LogP contribution in [0.15, 0.2) is 42.0 Å². The van der Waals surface area contributed by atoms with E-state index in [-0.39, 0.29) is 0 Å². The molecule has 16 heavy (non-hydrogen) atoms. The Bertz CT molecular complexity index is 407. The average molecular weight is 213 g/mol. The van der Waals surface area contributed by atoms with Gasteiger partial charge in [-0.05, 0) is 29.7 Å². The number of fused-ring (bicyclic) bond motifs is 1. The second-order valence-corrected chi connectivity index (χ2v) is 5.56. The standard InChI is InChI=1S/C15H19N/c1-15-9-13(8-14(15)10-16-11-15)7-12-5-3-2-4-6-12/h2-6,8,14,16H,7,9-11H2,1H3. The highest BCUT2D eigenvalue weighted by molar-refractivity contribution is 5.28. The van der Waals surface area contributed by atoms with Crippen molar-refractivity contribution in [1.82, 2.24) is 5.32 Å². The molecule has 2 atom stereocenters. The van der Waals surface area contributed by atoms with Gasteiger partial charge < -0.3 is 5.32 Å². The Kier molecular flexibility index (Phi) is 2.36. The first-order valence-corrected chi connectivity index (χ1v) is 6.20. The maximum atomic E-state index is 3.50. The molecule has 2 aliphatic rings. The fourth-order valence-corrected chi connectivity index (χ4v) is 3.19. The van der Waals surface area contributed by atoms with Gasteiger partial charge in [-0.2, -0.15) is 0 Å². The third-order valence-corrected chi connectivity index (χ3v) is 4.13. The third-order valence-electron chi connectivity index (χ3n) is 4.13. The van der Waals surface area contributed by atoms with Crippen LogP contribution in [-0.4, -0.2) is 13.1 Å². The van der Waals surface area contributed by atoms with Crippen molar-refractivity contribution in [3.8, 4) is 0 Å². The minimum atomic E-state index is 0.504. The molecule has 84 valence electrons. The summed E-state index contributed by atoms with van der Waals surface area (Å²) in [5.74, 6) is 0.770. The molecule has 1 aromatic rings. The number of allylic oxidation sites excluding steroid dienone is 1. The van der Waals surface area contributed by atoms with Gasteiger partial charge in [0.25, 0.3) is 0 Å². The van der Waals surface area contributed by atoms with Crippen molar-refractivity contribution in [1.29, 1.82) is 0 Å². The highest BCUT2D eigenvalue weighted by atomic mass is 14.9. The molecule has 1 saturated heterocycles. The van der Waals surface area contributed by atoms with Crippen LogP contribution in [0.3, 0.4) is 0 Å². The summed E-state index contributed by atoms with van der Waals surface area (Å²) in [6, 6.07) is 10.8. The van der Waals surface area contributed by atoms with E-state index >= 15 is 0 Å². The van der Waals surface area contributed by atoms with Gasteiger partial charge in [0.1, 0.15) is 0 Å². The van der Waals surface area contributed by atoms with E-state index in [2.05, 4.69) is 48.6 Å². The van der Waals surface area contributed by atoms with E-state index in [0.717, 1.165) is 12.3 Å². The average Bonchev–Trinajstić information content (AvgIpc) is 2.74. The number of benzene rings is 1. The van der Waals surface area contributed by atoms with E-state index in [9.17, 15) is 0 Å². The Labute approximate surface area is 97.6 Å². The smallest absolute Gasteiger partial charge is 0.00203 e. The topological polar surface area (TPSA) is 12.0 Å². The largest absolute Gasteiger partial charge is 0.316 e. The maximum Gasteiger partial charge on any atom is 0.00203 e. The van der Waals surface area contributed by atoms with Gasteiger partial charge in [0, 0.05) is 13.1 Å². The van der Waals surface area contributed by atoms with Crippen molar-refractivity contribution in [3.05, 3.63) is 47.5 Å². The first-order valence-electron chi connectivity index (χ1n) is 6.20. The molecule has 0 saturated carbocycles. The molecule has 1 nitrogen and oxygen atoms in total. The van der Waals surface area contributed by atoms with Crippen LogP contribution in [0.5, 0.6) is 0 Å². The molecule has 1 heteroatoms. The van der Waals surface area contributed by atoms with Crippen molar-refractivity contribution in [2.75, 3.05) is 13.1 Å². The summed E-state index contributed by atoms with van der Waals surface area (Å²) in [6.45, 7) is 4.79. The summed E-state index contributed by atoms with van der Waals surface area (Å²) in [4.78, 5) is 0. The Balaban J connectivity index is 1.74. The molecule has 0 radical (unpaired) electrons. The van der Waals surface area contributed by atoms with Crippen LogP contribution in [0, 0.1) is 11.3 Å². The lowest BCUT2D eigenvalue weighted by atomic mass is 9.81. The number of rotatable bonds is 2. The summed E-state index contributed by atoms with van der Waals surface area (Å²) < 4.78 is 0. The van der Waals surface area contributed by atoms with Crippen LogP contribution >= 0.6 is 0 Å². The van der Waals surface area contributed by atoms with Gasteiger partial charge in [-0.3, -0.25) is 0 Å². The second-order valence-electron chi connectivity index (χ2n) is 5.56. The molecule has 0 amide bonds.